The Kier molecular flexibility index (Phi) is 4.65. The van der Waals surface area contributed by atoms with Gasteiger partial charge in [-0.2, -0.15) is 0 Å². The molecule has 4 heteroatoms. The van der Waals surface area contributed by atoms with Crippen LogP contribution in [0.2, 0.25) is 0 Å². The Hall–Kier alpha value is -0.870. The molecule has 2 aliphatic rings. The van der Waals surface area contributed by atoms with E-state index in [1.165, 1.54) is 18.4 Å². The summed E-state index contributed by atoms with van der Waals surface area (Å²) >= 11 is 3.45. The number of piperidine rings is 1. The molecular weight excluding hydrogens is 328 g/mol. The SMILES string of the molecule is CC(CC(=O)N1C[C@@H]2CCCN[C@@H]2C1)c1ccc(Br)cc1. The molecule has 2 heterocycles. The Morgan fingerprint density at radius 1 is 1.38 bits per heavy atom. The maximum Gasteiger partial charge on any atom is 0.223 e. The second kappa shape index (κ2) is 6.49. The number of carbonyl (C=O) groups is 1. The minimum Gasteiger partial charge on any atom is -0.341 e. The third-order valence-electron chi connectivity index (χ3n) is 4.87. The second-order valence-corrected chi connectivity index (χ2v) is 7.33. The summed E-state index contributed by atoms with van der Waals surface area (Å²) in [4.78, 5) is 14.6. The van der Waals surface area contributed by atoms with Crippen molar-refractivity contribution in [3.8, 4) is 0 Å². The highest BCUT2D eigenvalue weighted by atomic mass is 79.9. The van der Waals surface area contributed by atoms with Crippen LogP contribution in [0.5, 0.6) is 0 Å². The van der Waals surface area contributed by atoms with E-state index >= 15 is 0 Å². The van der Waals surface area contributed by atoms with E-state index in [4.69, 9.17) is 0 Å². The Labute approximate surface area is 135 Å². The summed E-state index contributed by atoms with van der Waals surface area (Å²) in [5.41, 5.74) is 1.24. The summed E-state index contributed by atoms with van der Waals surface area (Å²) < 4.78 is 1.08. The molecule has 21 heavy (non-hydrogen) atoms. The Morgan fingerprint density at radius 3 is 2.86 bits per heavy atom. The third kappa shape index (κ3) is 3.49. The molecule has 2 aliphatic heterocycles. The largest absolute Gasteiger partial charge is 0.341 e. The Morgan fingerprint density at radius 2 is 2.14 bits per heavy atom. The lowest BCUT2D eigenvalue weighted by Crippen LogP contribution is -2.41. The van der Waals surface area contributed by atoms with Gasteiger partial charge in [0.1, 0.15) is 0 Å². The lowest BCUT2D eigenvalue weighted by molar-refractivity contribution is -0.130. The summed E-state index contributed by atoms with van der Waals surface area (Å²) in [6.07, 6.45) is 3.13. The van der Waals surface area contributed by atoms with E-state index in [0.29, 0.717) is 24.3 Å². The molecule has 0 spiro atoms. The Balaban J connectivity index is 1.57. The molecule has 1 unspecified atom stereocenters. The molecule has 3 rings (SSSR count). The third-order valence-corrected chi connectivity index (χ3v) is 5.40. The van der Waals surface area contributed by atoms with Crippen LogP contribution in [0.1, 0.15) is 37.7 Å². The summed E-state index contributed by atoms with van der Waals surface area (Å²) in [7, 11) is 0. The minimum absolute atomic E-state index is 0.279. The molecule has 114 valence electrons. The van der Waals surface area contributed by atoms with Crippen molar-refractivity contribution in [2.24, 2.45) is 5.92 Å². The van der Waals surface area contributed by atoms with Gasteiger partial charge in [0.15, 0.2) is 0 Å². The molecule has 0 bridgehead atoms. The second-order valence-electron chi connectivity index (χ2n) is 6.42. The first-order chi connectivity index (χ1) is 10.1. The van der Waals surface area contributed by atoms with E-state index in [0.717, 1.165) is 24.1 Å². The number of hydrogen-bond donors (Lipinski definition) is 1. The van der Waals surface area contributed by atoms with E-state index < -0.39 is 0 Å². The number of carbonyl (C=O) groups excluding carboxylic acids is 1. The summed E-state index contributed by atoms with van der Waals surface area (Å²) in [6, 6.07) is 8.83. The first-order valence-electron chi connectivity index (χ1n) is 7.90. The monoisotopic (exact) mass is 350 g/mol. The maximum atomic E-state index is 12.5. The molecule has 1 aromatic rings. The topological polar surface area (TPSA) is 32.3 Å². The highest BCUT2D eigenvalue weighted by Crippen LogP contribution is 2.27. The van der Waals surface area contributed by atoms with Gasteiger partial charge < -0.3 is 10.2 Å². The Bertz CT molecular complexity index is 488. The molecule has 0 aromatic heterocycles. The van der Waals surface area contributed by atoms with Crippen LogP contribution in [0.25, 0.3) is 0 Å². The van der Waals surface area contributed by atoms with Gasteiger partial charge in [-0.1, -0.05) is 35.0 Å². The number of likely N-dealkylation sites (tertiary alicyclic amines) is 1. The molecule has 3 nitrogen and oxygen atoms in total. The van der Waals surface area contributed by atoms with Crippen LogP contribution in [-0.2, 0) is 4.79 Å². The molecule has 0 saturated carbocycles. The smallest absolute Gasteiger partial charge is 0.223 e. The number of nitrogens with zero attached hydrogens (tertiary/aromatic N) is 1. The van der Waals surface area contributed by atoms with E-state index in [1.54, 1.807) is 0 Å². The average Bonchev–Trinajstić information content (AvgIpc) is 2.92. The highest BCUT2D eigenvalue weighted by Gasteiger charge is 2.36. The summed E-state index contributed by atoms with van der Waals surface area (Å²) in [5, 5.41) is 3.56. The van der Waals surface area contributed by atoms with Crippen molar-refractivity contribution in [1.29, 1.82) is 0 Å². The van der Waals surface area contributed by atoms with E-state index in [-0.39, 0.29) is 5.92 Å². The van der Waals surface area contributed by atoms with Gasteiger partial charge in [0.2, 0.25) is 5.91 Å². The van der Waals surface area contributed by atoms with Crippen LogP contribution in [0.3, 0.4) is 0 Å². The predicted octanol–water partition coefficient (Wildman–Crippen LogP) is 3.15. The molecule has 0 radical (unpaired) electrons. The van der Waals surface area contributed by atoms with Gasteiger partial charge in [0.25, 0.3) is 0 Å². The van der Waals surface area contributed by atoms with Crippen LogP contribution < -0.4 is 5.32 Å². The first kappa shape index (κ1) is 15.0. The van der Waals surface area contributed by atoms with Crippen molar-refractivity contribution in [1.82, 2.24) is 10.2 Å². The van der Waals surface area contributed by atoms with Gasteiger partial charge in [-0.05, 0) is 48.9 Å². The van der Waals surface area contributed by atoms with E-state index in [9.17, 15) is 4.79 Å². The number of rotatable bonds is 3. The minimum atomic E-state index is 0.279. The van der Waals surface area contributed by atoms with Gasteiger partial charge in [0, 0.05) is 30.0 Å². The number of amides is 1. The van der Waals surface area contributed by atoms with Crippen molar-refractivity contribution in [2.75, 3.05) is 19.6 Å². The van der Waals surface area contributed by atoms with Gasteiger partial charge in [0.05, 0.1) is 0 Å². The molecule has 3 atom stereocenters. The van der Waals surface area contributed by atoms with Gasteiger partial charge in [-0.15, -0.1) is 0 Å². The molecule has 1 N–H and O–H groups in total. The number of nitrogens with one attached hydrogen (secondary N) is 1. The van der Waals surface area contributed by atoms with Crippen molar-refractivity contribution >= 4 is 21.8 Å². The maximum absolute atomic E-state index is 12.5. The van der Waals surface area contributed by atoms with Crippen LogP contribution in [-0.4, -0.2) is 36.5 Å². The average molecular weight is 351 g/mol. The van der Waals surface area contributed by atoms with Gasteiger partial charge in [-0.25, -0.2) is 0 Å². The normalized spacial score (nSPS) is 26.5. The number of benzene rings is 1. The zero-order chi connectivity index (χ0) is 14.8. The lowest BCUT2D eigenvalue weighted by Gasteiger charge is -2.24. The summed E-state index contributed by atoms with van der Waals surface area (Å²) in [5.74, 6) is 1.26. The molecule has 1 aromatic carbocycles. The first-order valence-corrected chi connectivity index (χ1v) is 8.69. The zero-order valence-corrected chi connectivity index (χ0v) is 14.1. The van der Waals surface area contributed by atoms with Gasteiger partial charge >= 0.3 is 0 Å². The number of hydrogen-bond acceptors (Lipinski definition) is 2. The highest BCUT2D eigenvalue weighted by molar-refractivity contribution is 9.10. The standard InChI is InChI=1S/C17H23BrN2O/c1-12(13-4-6-15(18)7-5-13)9-17(21)20-10-14-3-2-8-19-16(14)11-20/h4-7,12,14,16,19H,2-3,8-11H2,1H3/t12?,14-,16+/m0/s1. The fourth-order valence-corrected chi connectivity index (χ4v) is 3.81. The van der Waals surface area contributed by atoms with Gasteiger partial charge in [-0.3, -0.25) is 4.79 Å². The molecule has 1 amide bonds. The van der Waals surface area contributed by atoms with Crippen molar-refractivity contribution in [3.63, 3.8) is 0 Å². The fourth-order valence-electron chi connectivity index (χ4n) is 3.55. The van der Waals surface area contributed by atoms with Crippen LogP contribution in [0.4, 0.5) is 0 Å². The van der Waals surface area contributed by atoms with E-state index in [1.807, 2.05) is 12.1 Å². The molecule has 2 saturated heterocycles. The van der Waals surface area contributed by atoms with Crippen molar-refractivity contribution in [3.05, 3.63) is 34.3 Å². The molecule has 0 aliphatic carbocycles. The van der Waals surface area contributed by atoms with Crippen molar-refractivity contribution < 1.29 is 4.79 Å². The van der Waals surface area contributed by atoms with E-state index in [2.05, 4.69) is 45.2 Å². The predicted molar refractivity (Wildman–Crippen MR) is 88.3 cm³/mol. The van der Waals surface area contributed by atoms with Crippen LogP contribution in [0, 0.1) is 5.92 Å². The quantitative estimate of drug-likeness (QED) is 0.907. The molecule has 2 fully saturated rings. The lowest BCUT2D eigenvalue weighted by atomic mass is 9.94. The zero-order valence-electron chi connectivity index (χ0n) is 12.5. The fraction of sp³-hybridized carbons (Fsp3) is 0.588. The molecular formula is C17H23BrN2O. The van der Waals surface area contributed by atoms with Crippen molar-refractivity contribution in [2.45, 2.75) is 38.1 Å². The van der Waals surface area contributed by atoms with Crippen LogP contribution in [0.15, 0.2) is 28.7 Å². The summed E-state index contributed by atoms with van der Waals surface area (Å²) in [6.45, 7) is 5.10. The van der Waals surface area contributed by atoms with Crippen LogP contribution >= 0.6 is 15.9 Å². The number of halogens is 1. The number of fused-ring (bicyclic) bond motifs is 1.